The third-order valence-corrected chi connectivity index (χ3v) is 3.12. The fourth-order valence-electron chi connectivity index (χ4n) is 2.10. The summed E-state index contributed by atoms with van der Waals surface area (Å²) >= 11 is 0. The molecule has 1 aliphatic rings. The molecule has 0 unspecified atom stereocenters. The summed E-state index contributed by atoms with van der Waals surface area (Å²) in [5.74, 6) is -0.154. The number of carbonyl (C=O) groups excluding carboxylic acids is 1. The Morgan fingerprint density at radius 1 is 1.47 bits per heavy atom. The summed E-state index contributed by atoms with van der Waals surface area (Å²) < 4.78 is 5.21. The Kier molecular flexibility index (Phi) is 5.39. The highest BCUT2D eigenvalue weighted by Crippen LogP contribution is 2.32. The summed E-state index contributed by atoms with van der Waals surface area (Å²) in [4.78, 5) is 14.0. The number of nitrogens with zero attached hydrogens (tertiary/aromatic N) is 2. The van der Waals surface area contributed by atoms with Gasteiger partial charge in [-0.05, 0) is 19.3 Å². The van der Waals surface area contributed by atoms with Crippen molar-refractivity contribution in [2.24, 2.45) is 5.41 Å². The summed E-state index contributed by atoms with van der Waals surface area (Å²) in [6.07, 6.45) is 1.73. The van der Waals surface area contributed by atoms with Gasteiger partial charge >= 0.3 is 0 Å². The second-order valence-electron chi connectivity index (χ2n) is 4.32. The van der Waals surface area contributed by atoms with Crippen LogP contribution in [0.3, 0.4) is 0 Å². The molecule has 96 valence electrons. The number of rotatable bonds is 5. The van der Waals surface area contributed by atoms with Gasteiger partial charge in [-0.2, -0.15) is 5.26 Å². The zero-order valence-electron chi connectivity index (χ0n) is 10.3. The van der Waals surface area contributed by atoms with Crippen LogP contribution in [0.1, 0.15) is 26.2 Å². The number of aliphatic hydroxyl groups excluding tert-OH is 1. The molecule has 0 saturated carbocycles. The first-order chi connectivity index (χ1) is 8.20. The van der Waals surface area contributed by atoms with E-state index in [-0.39, 0.29) is 12.5 Å². The molecule has 1 saturated heterocycles. The summed E-state index contributed by atoms with van der Waals surface area (Å²) in [5.41, 5.74) is -0.942. The van der Waals surface area contributed by atoms with Gasteiger partial charge in [0.05, 0.1) is 12.7 Å². The van der Waals surface area contributed by atoms with Crippen LogP contribution in [0.25, 0.3) is 0 Å². The third kappa shape index (κ3) is 3.18. The molecule has 0 atom stereocenters. The van der Waals surface area contributed by atoms with Crippen molar-refractivity contribution in [2.45, 2.75) is 26.2 Å². The van der Waals surface area contributed by atoms with Gasteiger partial charge in [0.1, 0.15) is 5.41 Å². The van der Waals surface area contributed by atoms with Crippen LogP contribution < -0.4 is 0 Å². The Bertz CT molecular complexity index is 287. The average Bonchev–Trinajstić information content (AvgIpc) is 2.38. The Hall–Kier alpha value is -1.12. The van der Waals surface area contributed by atoms with Gasteiger partial charge in [0.25, 0.3) is 0 Å². The van der Waals surface area contributed by atoms with Crippen molar-refractivity contribution >= 4 is 5.91 Å². The molecule has 0 spiro atoms. The minimum absolute atomic E-state index is 0.0657. The first kappa shape index (κ1) is 13.9. The average molecular weight is 240 g/mol. The van der Waals surface area contributed by atoms with Gasteiger partial charge in [-0.25, -0.2) is 0 Å². The van der Waals surface area contributed by atoms with Crippen LogP contribution in [0.4, 0.5) is 0 Å². The van der Waals surface area contributed by atoms with E-state index in [0.29, 0.717) is 39.1 Å². The molecule has 1 fully saturated rings. The fraction of sp³-hybridized carbons (Fsp3) is 0.833. The zero-order valence-corrected chi connectivity index (χ0v) is 10.3. The standard InChI is InChI=1S/C12H20N2O3/c1-2-5-14(6-7-15)11(16)12(10-13)3-8-17-9-4-12/h15H,2-9H2,1H3. The molecular formula is C12H20N2O3. The number of hydrogen-bond acceptors (Lipinski definition) is 4. The molecule has 1 heterocycles. The Balaban J connectivity index is 2.78. The number of nitriles is 1. The lowest BCUT2D eigenvalue weighted by atomic mass is 9.80. The van der Waals surface area contributed by atoms with E-state index in [1.54, 1.807) is 4.90 Å². The van der Waals surface area contributed by atoms with Crippen LogP contribution in [0, 0.1) is 16.7 Å². The summed E-state index contributed by atoms with van der Waals surface area (Å²) in [6, 6.07) is 2.16. The summed E-state index contributed by atoms with van der Waals surface area (Å²) in [6.45, 7) is 3.71. The molecule has 0 aromatic heterocycles. The van der Waals surface area contributed by atoms with Gasteiger partial charge in [0.2, 0.25) is 5.91 Å². The van der Waals surface area contributed by atoms with Crippen LogP contribution >= 0.6 is 0 Å². The van der Waals surface area contributed by atoms with Crippen LogP contribution in [0.15, 0.2) is 0 Å². The van der Waals surface area contributed by atoms with E-state index in [1.165, 1.54) is 0 Å². The number of hydrogen-bond donors (Lipinski definition) is 1. The lowest BCUT2D eigenvalue weighted by Crippen LogP contribution is -2.47. The smallest absolute Gasteiger partial charge is 0.243 e. The summed E-state index contributed by atoms with van der Waals surface area (Å²) in [5, 5.41) is 18.2. The van der Waals surface area contributed by atoms with Gasteiger partial charge in [-0.3, -0.25) is 4.79 Å². The van der Waals surface area contributed by atoms with E-state index in [9.17, 15) is 10.1 Å². The highest BCUT2D eigenvalue weighted by atomic mass is 16.5. The Labute approximate surface area is 102 Å². The Morgan fingerprint density at radius 2 is 2.12 bits per heavy atom. The van der Waals surface area contributed by atoms with Crippen molar-refractivity contribution in [3.8, 4) is 6.07 Å². The first-order valence-electron chi connectivity index (χ1n) is 6.09. The maximum Gasteiger partial charge on any atom is 0.243 e. The highest BCUT2D eigenvalue weighted by molar-refractivity contribution is 5.85. The monoisotopic (exact) mass is 240 g/mol. The van der Waals surface area contributed by atoms with Gasteiger partial charge in [0, 0.05) is 26.3 Å². The number of carbonyl (C=O) groups is 1. The predicted octanol–water partition coefficient (Wildman–Crippen LogP) is 0.538. The second kappa shape index (κ2) is 6.58. The fourth-order valence-corrected chi connectivity index (χ4v) is 2.10. The molecule has 0 aromatic rings. The van der Waals surface area contributed by atoms with Crippen molar-refractivity contribution in [3.05, 3.63) is 0 Å². The quantitative estimate of drug-likeness (QED) is 0.761. The molecule has 0 aromatic carbocycles. The molecule has 1 amide bonds. The predicted molar refractivity (Wildman–Crippen MR) is 62.1 cm³/mol. The molecule has 0 radical (unpaired) electrons. The van der Waals surface area contributed by atoms with Gasteiger partial charge in [0.15, 0.2) is 0 Å². The highest BCUT2D eigenvalue weighted by Gasteiger charge is 2.42. The van der Waals surface area contributed by atoms with Crippen LogP contribution in [0.5, 0.6) is 0 Å². The van der Waals surface area contributed by atoms with Crippen molar-refractivity contribution < 1.29 is 14.6 Å². The number of ether oxygens (including phenoxy) is 1. The number of aliphatic hydroxyl groups is 1. The molecule has 0 aliphatic carbocycles. The SMILES string of the molecule is CCCN(CCO)C(=O)C1(C#N)CCOCC1. The molecular weight excluding hydrogens is 220 g/mol. The lowest BCUT2D eigenvalue weighted by molar-refractivity contribution is -0.144. The minimum atomic E-state index is -0.942. The molecule has 1 rings (SSSR count). The minimum Gasteiger partial charge on any atom is -0.395 e. The largest absolute Gasteiger partial charge is 0.395 e. The maximum atomic E-state index is 12.4. The molecule has 1 N–H and O–H groups in total. The maximum absolute atomic E-state index is 12.4. The third-order valence-electron chi connectivity index (χ3n) is 3.12. The second-order valence-corrected chi connectivity index (χ2v) is 4.32. The van der Waals surface area contributed by atoms with Crippen LogP contribution in [-0.2, 0) is 9.53 Å². The molecule has 17 heavy (non-hydrogen) atoms. The first-order valence-corrected chi connectivity index (χ1v) is 6.09. The molecule has 0 bridgehead atoms. The zero-order chi connectivity index (χ0) is 12.7. The van der Waals surface area contributed by atoms with Gasteiger partial charge in [-0.15, -0.1) is 0 Å². The van der Waals surface area contributed by atoms with Gasteiger partial charge in [-0.1, -0.05) is 6.92 Å². The summed E-state index contributed by atoms with van der Waals surface area (Å²) in [7, 11) is 0. The van der Waals surface area contributed by atoms with E-state index in [4.69, 9.17) is 9.84 Å². The van der Waals surface area contributed by atoms with Crippen molar-refractivity contribution in [1.29, 1.82) is 5.26 Å². The number of amides is 1. The van der Waals surface area contributed by atoms with Crippen molar-refractivity contribution in [2.75, 3.05) is 32.9 Å². The van der Waals surface area contributed by atoms with E-state index in [0.717, 1.165) is 6.42 Å². The van der Waals surface area contributed by atoms with E-state index in [2.05, 4.69) is 6.07 Å². The van der Waals surface area contributed by atoms with Crippen molar-refractivity contribution in [1.82, 2.24) is 4.90 Å². The van der Waals surface area contributed by atoms with Crippen molar-refractivity contribution in [3.63, 3.8) is 0 Å². The normalized spacial score (nSPS) is 18.4. The van der Waals surface area contributed by atoms with Gasteiger partial charge < -0.3 is 14.7 Å². The molecule has 5 heteroatoms. The molecule has 1 aliphatic heterocycles. The van der Waals surface area contributed by atoms with Crippen LogP contribution in [-0.4, -0.2) is 48.8 Å². The topological polar surface area (TPSA) is 73.6 Å². The van der Waals surface area contributed by atoms with E-state index >= 15 is 0 Å². The van der Waals surface area contributed by atoms with E-state index < -0.39 is 5.41 Å². The Morgan fingerprint density at radius 3 is 2.59 bits per heavy atom. The lowest BCUT2D eigenvalue weighted by Gasteiger charge is -2.34. The van der Waals surface area contributed by atoms with E-state index in [1.807, 2.05) is 6.92 Å². The molecule has 5 nitrogen and oxygen atoms in total. The van der Waals surface area contributed by atoms with Crippen LogP contribution in [0.2, 0.25) is 0 Å².